The van der Waals surface area contributed by atoms with Crippen molar-refractivity contribution in [2.45, 2.75) is 62.4 Å². The Morgan fingerprint density at radius 1 is 1.09 bits per heavy atom. The fourth-order valence-electron chi connectivity index (χ4n) is 4.01. The number of carbonyl (C=O) groups is 3. The van der Waals surface area contributed by atoms with E-state index in [1.807, 2.05) is 6.92 Å². The van der Waals surface area contributed by atoms with E-state index in [0.29, 0.717) is 30.5 Å². The minimum atomic E-state index is -3.88. The van der Waals surface area contributed by atoms with E-state index < -0.39 is 34.0 Å². The van der Waals surface area contributed by atoms with E-state index in [1.54, 1.807) is 42.5 Å². The number of rotatable bonds is 11. The van der Waals surface area contributed by atoms with Gasteiger partial charge in [-0.3, -0.25) is 9.59 Å². The molecule has 188 valence electrons. The van der Waals surface area contributed by atoms with E-state index in [4.69, 9.17) is 0 Å². The highest BCUT2D eigenvalue weighted by molar-refractivity contribution is 7.89. The van der Waals surface area contributed by atoms with Crippen molar-refractivity contribution < 1.29 is 27.9 Å². The van der Waals surface area contributed by atoms with Crippen molar-refractivity contribution in [3.05, 3.63) is 60.2 Å². The average molecular weight is 502 g/mol. The van der Waals surface area contributed by atoms with Gasteiger partial charge in [0.2, 0.25) is 21.8 Å². The number of carboxylic acid groups (broad SMARTS) is 1. The Balaban J connectivity index is 1.65. The van der Waals surface area contributed by atoms with E-state index >= 15 is 0 Å². The largest absolute Gasteiger partial charge is 0.480 e. The van der Waals surface area contributed by atoms with Crippen molar-refractivity contribution in [3.63, 3.8) is 0 Å². The monoisotopic (exact) mass is 501 g/mol. The average Bonchev–Trinajstić information content (AvgIpc) is 3.35. The number of amides is 2. The van der Waals surface area contributed by atoms with Crippen LogP contribution in [0.4, 0.5) is 5.69 Å². The van der Waals surface area contributed by atoms with E-state index in [-0.39, 0.29) is 23.8 Å². The number of benzene rings is 2. The second kappa shape index (κ2) is 11.9. The third-order valence-electron chi connectivity index (χ3n) is 5.91. The summed E-state index contributed by atoms with van der Waals surface area (Å²) >= 11 is 0. The van der Waals surface area contributed by atoms with Crippen LogP contribution >= 0.6 is 0 Å². The molecule has 2 amide bonds. The maximum absolute atomic E-state index is 13.0. The van der Waals surface area contributed by atoms with Crippen molar-refractivity contribution in [2.75, 3.05) is 11.9 Å². The first-order valence-electron chi connectivity index (χ1n) is 11.7. The van der Waals surface area contributed by atoms with Crippen LogP contribution in [0.1, 0.15) is 44.6 Å². The van der Waals surface area contributed by atoms with Gasteiger partial charge in [-0.25, -0.2) is 13.2 Å². The summed E-state index contributed by atoms with van der Waals surface area (Å²) in [6.07, 6.45) is 3.00. The number of anilines is 1. The molecule has 35 heavy (non-hydrogen) atoms. The van der Waals surface area contributed by atoms with Gasteiger partial charge in [-0.15, -0.1) is 0 Å². The number of nitrogens with zero attached hydrogens (tertiary/aromatic N) is 1. The first-order valence-corrected chi connectivity index (χ1v) is 13.1. The molecule has 1 aliphatic heterocycles. The Morgan fingerprint density at radius 3 is 2.40 bits per heavy atom. The molecule has 0 spiro atoms. The lowest BCUT2D eigenvalue weighted by molar-refractivity contribution is -0.142. The number of hydrogen-bond donors (Lipinski definition) is 3. The van der Waals surface area contributed by atoms with Gasteiger partial charge in [0, 0.05) is 25.1 Å². The highest BCUT2D eigenvalue weighted by Gasteiger charge is 2.40. The molecule has 9 nitrogen and oxygen atoms in total. The SMILES string of the molecule is CCCCC(=O)Nc1ccc(CC(NC(=O)C2CCCN2S(=O)(=O)c2ccccc2)C(=O)O)cc1. The molecule has 3 N–H and O–H groups in total. The van der Waals surface area contributed by atoms with Crippen LogP contribution in [-0.2, 0) is 30.8 Å². The van der Waals surface area contributed by atoms with E-state index in [9.17, 15) is 27.9 Å². The zero-order valence-electron chi connectivity index (χ0n) is 19.6. The Hall–Kier alpha value is -3.24. The number of carbonyl (C=O) groups excluding carboxylic acids is 2. The summed E-state index contributed by atoms with van der Waals surface area (Å²) in [5, 5.41) is 15.0. The highest BCUT2D eigenvalue weighted by Crippen LogP contribution is 2.26. The summed E-state index contributed by atoms with van der Waals surface area (Å²) in [5.74, 6) is -1.93. The number of sulfonamides is 1. The molecule has 1 saturated heterocycles. The second-order valence-electron chi connectivity index (χ2n) is 8.54. The summed E-state index contributed by atoms with van der Waals surface area (Å²) in [6, 6.07) is 12.4. The Morgan fingerprint density at radius 2 is 1.77 bits per heavy atom. The topological polar surface area (TPSA) is 133 Å². The molecule has 0 saturated carbocycles. The van der Waals surface area contributed by atoms with Gasteiger partial charge in [-0.1, -0.05) is 43.7 Å². The smallest absolute Gasteiger partial charge is 0.326 e. The van der Waals surface area contributed by atoms with E-state index in [1.165, 1.54) is 12.1 Å². The third-order valence-corrected chi connectivity index (χ3v) is 7.83. The van der Waals surface area contributed by atoms with Crippen molar-refractivity contribution in [1.29, 1.82) is 0 Å². The van der Waals surface area contributed by atoms with Crippen molar-refractivity contribution in [1.82, 2.24) is 9.62 Å². The number of carboxylic acids is 1. The maximum atomic E-state index is 13.0. The van der Waals surface area contributed by atoms with Gasteiger partial charge >= 0.3 is 5.97 Å². The molecule has 0 aromatic heterocycles. The quantitative estimate of drug-likeness (QED) is 0.434. The Bertz CT molecular complexity index is 1140. The summed E-state index contributed by atoms with van der Waals surface area (Å²) in [4.78, 5) is 36.8. The number of hydrogen-bond acceptors (Lipinski definition) is 5. The first-order chi connectivity index (χ1) is 16.7. The van der Waals surface area contributed by atoms with Gasteiger partial charge in [0.25, 0.3) is 0 Å². The van der Waals surface area contributed by atoms with Gasteiger partial charge < -0.3 is 15.7 Å². The Labute approximate surface area is 205 Å². The predicted octanol–water partition coefficient (Wildman–Crippen LogP) is 2.78. The van der Waals surface area contributed by atoms with Gasteiger partial charge in [0.1, 0.15) is 12.1 Å². The van der Waals surface area contributed by atoms with Gasteiger partial charge in [-0.05, 0) is 49.1 Å². The Kier molecular flexibility index (Phi) is 9.00. The molecule has 0 aliphatic carbocycles. The van der Waals surface area contributed by atoms with Crippen LogP contribution in [0.2, 0.25) is 0 Å². The van der Waals surface area contributed by atoms with E-state index in [0.717, 1.165) is 17.1 Å². The van der Waals surface area contributed by atoms with Crippen LogP contribution in [0, 0.1) is 0 Å². The summed E-state index contributed by atoms with van der Waals surface area (Å²) in [5.41, 5.74) is 1.27. The van der Waals surface area contributed by atoms with Crippen LogP contribution in [0.25, 0.3) is 0 Å². The third kappa shape index (κ3) is 6.89. The van der Waals surface area contributed by atoms with Crippen LogP contribution in [0.15, 0.2) is 59.5 Å². The van der Waals surface area contributed by atoms with Crippen molar-refractivity contribution in [2.24, 2.45) is 0 Å². The lowest BCUT2D eigenvalue weighted by Gasteiger charge is -2.25. The van der Waals surface area contributed by atoms with Crippen LogP contribution < -0.4 is 10.6 Å². The van der Waals surface area contributed by atoms with Crippen LogP contribution in [0.3, 0.4) is 0 Å². The predicted molar refractivity (Wildman–Crippen MR) is 131 cm³/mol. The zero-order chi connectivity index (χ0) is 25.4. The first kappa shape index (κ1) is 26.4. The number of aliphatic carboxylic acids is 1. The molecule has 2 aromatic carbocycles. The fourth-order valence-corrected chi connectivity index (χ4v) is 5.68. The summed E-state index contributed by atoms with van der Waals surface area (Å²) in [6.45, 7) is 2.20. The fraction of sp³-hybridized carbons (Fsp3) is 0.400. The van der Waals surface area contributed by atoms with Gasteiger partial charge in [-0.2, -0.15) is 4.31 Å². The molecule has 10 heteroatoms. The second-order valence-corrected chi connectivity index (χ2v) is 10.4. The lowest BCUT2D eigenvalue weighted by Crippen LogP contribution is -2.51. The maximum Gasteiger partial charge on any atom is 0.326 e. The van der Waals surface area contributed by atoms with E-state index in [2.05, 4.69) is 10.6 Å². The standard InChI is InChI=1S/C25H31N3O6S/c1-2-3-11-23(29)26-19-14-12-18(13-15-19)17-21(25(31)32)27-24(30)22-10-7-16-28(22)35(33,34)20-8-5-4-6-9-20/h4-6,8-9,12-15,21-22H,2-3,7,10-11,16-17H2,1H3,(H,26,29)(H,27,30)(H,31,32). The normalized spacial score (nSPS) is 17.0. The summed E-state index contributed by atoms with van der Waals surface area (Å²) in [7, 11) is -3.88. The van der Waals surface area contributed by atoms with Crippen LogP contribution in [0.5, 0.6) is 0 Å². The zero-order valence-corrected chi connectivity index (χ0v) is 20.5. The minimum Gasteiger partial charge on any atom is -0.480 e. The van der Waals surface area contributed by atoms with Gasteiger partial charge in [0.05, 0.1) is 4.90 Å². The molecule has 0 bridgehead atoms. The molecule has 2 aromatic rings. The molecule has 1 fully saturated rings. The number of unbranched alkanes of at least 4 members (excludes halogenated alkanes) is 1. The lowest BCUT2D eigenvalue weighted by atomic mass is 10.0. The number of nitrogens with one attached hydrogen (secondary N) is 2. The molecule has 2 unspecified atom stereocenters. The molecule has 0 radical (unpaired) electrons. The van der Waals surface area contributed by atoms with Crippen LogP contribution in [-0.4, -0.2) is 54.2 Å². The highest BCUT2D eigenvalue weighted by atomic mass is 32.2. The molecule has 3 rings (SSSR count). The molecule has 1 heterocycles. The van der Waals surface area contributed by atoms with Crippen molar-refractivity contribution >= 4 is 33.5 Å². The van der Waals surface area contributed by atoms with Gasteiger partial charge in [0.15, 0.2) is 0 Å². The molecular weight excluding hydrogens is 470 g/mol. The molecular formula is C25H31N3O6S. The minimum absolute atomic E-state index is 0.0172. The van der Waals surface area contributed by atoms with Crippen molar-refractivity contribution in [3.8, 4) is 0 Å². The summed E-state index contributed by atoms with van der Waals surface area (Å²) < 4.78 is 27.2. The molecule has 1 aliphatic rings. The molecule has 2 atom stereocenters.